The fourth-order valence-corrected chi connectivity index (χ4v) is 3.16. The number of nitrogens with one attached hydrogen (secondary N) is 1. The van der Waals surface area contributed by atoms with Gasteiger partial charge in [-0.05, 0) is 19.9 Å². The molecule has 0 radical (unpaired) electrons. The second kappa shape index (κ2) is 5.97. The second-order valence-electron chi connectivity index (χ2n) is 3.42. The third kappa shape index (κ3) is 3.41. The van der Waals surface area contributed by atoms with Gasteiger partial charge in [0.15, 0.2) is 4.34 Å². The third-order valence-corrected chi connectivity index (χ3v) is 4.11. The van der Waals surface area contributed by atoms with Crippen molar-refractivity contribution in [3.8, 4) is 0 Å². The predicted octanol–water partition coefficient (Wildman–Crippen LogP) is 2.97. The highest BCUT2D eigenvalue weighted by molar-refractivity contribution is 8.00. The highest BCUT2D eigenvalue weighted by Crippen LogP contribution is 2.27. The van der Waals surface area contributed by atoms with E-state index in [0.29, 0.717) is 0 Å². The molecular formula is C11H14N4S2. The van der Waals surface area contributed by atoms with Crippen LogP contribution in [0.3, 0.4) is 0 Å². The van der Waals surface area contributed by atoms with Crippen molar-refractivity contribution in [2.75, 3.05) is 11.9 Å². The number of thioether (sulfide) groups is 1. The highest BCUT2D eigenvalue weighted by Gasteiger charge is 2.05. The minimum atomic E-state index is 0.866. The van der Waals surface area contributed by atoms with Crippen molar-refractivity contribution < 1.29 is 0 Å². The lowest BCUT2D eigenvalue weighted by molar-refractivity contribution is 0.983. The van der Waals surface area contributed by atoms with Crippen molar-refractivity contribution in [3.63, 3.8) is 0 Å². The molecule has 90 valence electrons. The van der Waals surface area contributed by atoms with E-state index in [1.54, 1.807) is 29.3 Å². The molecule has 0 amide bonds. The number of rotatable bonds is 5. The summed E-state index contributed by atoms with van der Waals surface area (Å²) in [5.74, 6) is 1.83. The zero-order valence-electron chi connectivity index (χ0n) is 9.80. The van der Waals surface area contributed by atoms with Gasteiger partial charge in [0.05, 0.1) is 0 Å². The monoisotopic (exact) mass is 266 g/mol. The molecule has 0 aliphatic heterocycles. The first-order valence-corrected chi connectivity index (χ1v) is 7.20. The van der Waals surface area contributed by atoms with Gasteiger partial charge in [-0.25, -0.2) is 4.98 Å². The van der Waals surface area contributed by atoms with E-state index < -0.39 is 0 Å². The molecule has 4 nitrogen and oxygen atoms in total. The molecule has 0 saturated heterocycles. The lowest BCUT2D eigenvalue weighted by atomic mass is 10.3. The van der Waals surface area contributed by atoms with Gasteiger partial charge < -0.3 is 5.32 Å². The van der Waals surface area contributed by atoms with Gasteiger partial charge in [0.1, 0.15) is 10.8 Å². The summed E-state index contributed by atoms with van der Waals surface area (Å²) in [7, 11) is 0. The summed E-state index contributed by atoms with van der Waals surface area (Å²) < 4.78 is 1.01. The molecule has 17 heavy (non-hydrogen) atoms. The second-order valence-corrected chi connectivity index (χ2v) is 5.82. The van der Waals surface area contributed by atoms with E-state index in [0.717, 1.165) is 27.5 Å². The summed E-state index contributed by atoms with van der Waals surface area (Å²) >= 11 is 3.33. The number of nitrogens with zero attached hydrogens (tertiary/aromatic N) is 3. The van der Waals surface area contributed by atoms with Crippen LogP contribution in [0.2, 0.25) is 0 Å². The van der Waals surface area contributed by atoms with Crippen LogP contribution in [0.5, 0.6) is 0 Å². The third-order valence-electron chi connectivity index (χ3n) is 2.09. The summed E-state index contributed by atoms with van der Waals surface area (Å²) in [4.78, 5) is 4.33. The Morgan fingerprint density at radius 1 is 1.41 bits per heavy atom. The maximum absolute atomic E-state index is 4.33. The molecule has 6 heteroatoms. The predicted molar refractivity (Wildman–Crippen MR) is 72.6 cm³/mol. The Kier molecular flexibility index (Phi) is 4.33. The Morgan fingerprint density at radius 3 is 3.00 bits per heavy atom. The summed E-state index contributed by atoms with van der Waals surface area (Å²) in [5.41, 5.74) is 1.20. The number of hydrogen-bond donors (Lipinski definition) is 1. The van der Waals surface area contributed by atoms with Gasteiger partial charge in [-0.1, -0.05) is 29.2 Å². The van der Waals surface area contributed by atoms with E-state index in [9.17, 15) is 0 Å². The first-order chi connectivity index (χ1) is 8.29. The fraction of sp³-hybridized carbons (Fsp3) is 0.364. The zero-order valence-corrected chi connectivity index (χ0v) is 11.4. The topological polar surface area (TPSA) is 50.7 Å². The smallest absolute Gasteiger partial charge is 0.174 e. The van der Waals surface area contributed by atoms with Crippen molar-refractivity contribution in [2.45, 2.75) is 23.9 Å². The number of hydrogen-bond acceptors (Lipinski definition) is 6. The Morgan fingerprint density at radius 2 is 2.29 bits per heavy atom. The maximum Gasteiger partial charge on any atom is 0.174 e. The molecule has 0 aliphatic carbocycles. The number of anilines is 1. The molecule has 2 heterocycles. The van der Waals surface area contributed by atoms with Crippen LogP contribution in [0.15, 0.2) is 22.7 Å². The lowest BCUT2D eigenvalue weighted by Gasteiger charge is -2.07. The van der Waals surface area contributed by atoms with Gasteiger partial charge in [-0.2, -0.15) is 0 Å². The quantitative estimate of drug-likeness (QED) is 0.843. The van der Waals surface area contributed by atoms with Gasteiger partial charge in [0.2, 0.25) is 0 Å². The first-order valence-electron chi connectivity index (χ1n) is 5.40. The van der Waals surface area contributed by atoms with Gasteiger partial charge >= 0.3 is 0 Å². The molecule has 0 bridgehead atoms. The molecule has 1 N–H and O–H groups in total. The minimum Gasteiger partial charge on any atom is -0.370 e. The van der Waals surface area contributed by atoms with E-state index >= 15 is 0 Å². The molecule has 0 aromatic carbocycles. The zero-order chi connectivity index (χ0) is 12.1. The van der Waals surface area contributed by atoms with Gasteiger partial charge in [-0.3, -0.25) is 0 Å². The Labute approximate surface area is 109 Å². The summed E-state index contributed by atoms with van der Waals surface area (Å²) in [5, 5.41) is 12.4. The SMILES string of the molecule is CCNc1ncccc1CSc1nnc(C)s1. The van der Waals surface area contributed by atoms with Gasteiger partial charge in [0, 0.05) is 24.1 Å². The number of pyridine rings is 1. The molecule has 0 spiro atoms. The average molecular weight is 266 g/mol. The summed E-state index contributed by atoms with van der Waals surface area (Å²) in [6, 6.07) is 4.05. The van der Waals surface area contributed by atoms with Gasteiger partial charge in [0.25, 0.3) is 0 Å². The molecule has 0 saturated carbocycles. The molecule has 0 aliphatic rings. The molecule has 0 atom stereocenters. The van der Waals surface area contributed by atoms with Crippen LogP contribution in [-0.4, -0.2) is 21.7 Å². The normalized spacial score (nSPS) is 10.5. The van der Waals surface area contributed by atoms with Crippen molar-refractivity contribution in [2.24, 2.45) is 0 Å². The average Bonchev–Trinajstić information content (AvgIpc) is 2.74. The number of aromatic nitrogens is 3. The largest absolute Gasteiger partial charge is 0.370 e. The van der Waals surface area contributed by atoms with Crippen LogP contribution in [-0.2, 0) is 5.75 Å². The first kappa shape index (κ1) is 12.3. The van der Waals surface area contributed by atoms with Crippen LogP contribution in [0.25, 0.3) is 0 Å². The van der Waals surface area contributed by atoms with E-state index in [2.05, 4.69) is 33.5 Å². The summed E-state index contributed by atoms with van der Waals surface area (Å²) in [6.07, 6.45) is 1.81. The van der Waals surface area contributed by atoms with Crippen LogP contribution >= 0.6 is 23.1 Å². The van der Waals surface area contributed by atoms with Crippen molar-refractivity contribution in [1.82, 2.24) is 15.2 Å². The molecule has 0 unspecified atom stereocenters. The van der Waals surface area contributed by atoms with E-state index in [1.165, 1.54) is 5.56 Å². The Hall–Kier alpha value is -1.14. The molecule has 0 fully saturated rings. The Balaban J connectivity index is 2.03. The maximum atomic E-state index is 4.33. The van der Waals surface area contributed by atoms with E-state index in [-0.39, 0.29) is 0 Å². The van der Waals surface area contributed by atoms with Crippen molar-refractivity contribution >= 4 is 28.9 Å². The fourth-order valence-electron chi connectivity index (χ4n) is 1.36. The molecular weight excluding hydrogens is 252 g/mol. The van der Waals surface area contributed by atoms with Gasteiger partial charge in [-0.15, -0.1) is 10.2 Å². The standard InChI is InChI=1S/C11H14N4S2/c1-3-12-10-9(5-4-6-13-10)7-16-11-15-14-8(2)17-11/h4-6H,3,7H2,1-2H3,(H,12,13). The van der Waals surface area contributed by atoms with Crippen LogP contribution in [0.4, 0.5) is 5.82 Å². The van der Waals surface area contributed by atoms with Crippen molar-refractivity contribution in [3.05, 3.63) is 28.9 Å². The van der Waals surface area contributed by atoms with Crippen LogP contribution < -0.4 is 5.32 Å². The summed E-state index contributed by atoms with van der Waals surface area (Å²) in [6.45, 7) is 4.92. The number of aryl methyl sites for hydroxylation is 1. The Bertz CT molecular complexity index is 484. The van der Waals surface area contributed by atoms with E-state index in [4.69, 9.17) is 0 Å². The van der Waals surface area contributed by atoms with Crippen molar-refractivity contribution in [1.29, 1.82) is 0 Å². The minimum absolute atomic E-state index is 0.866. The molecule has 2 aromatic rings. The van der Waals surface area contributed by atoms with Crippen LogP contribution in [0, 0.1) is 6.92 Å². The van der Waals surface area contributed by atoms with E-state index in [1.807, 2.05) is 13.0 Å². The molecule has 2 aromatic heterocycles. The lowest BCUT2D eigenvalue weighted by Crippen LogP contribution is -2.02. The van der Waals surface area contributed by atoms with Crippen LogP contribution in [0.1, 0.15) is 17.5 Å². The highest BCUT2D eigenvalue weighted by atomic mass is 32.2. The molecule has 2 rings (SSSR count).